The average molecular weight is 866 g/mol. The van der Waals surface area contributed by atoms with Crippen LogP contribution in [-0.2, 0) is 0 Å². The van der Waals surface area contributed by atoms with Crippen molar-refractivity contribution < 1.29 is 0 Å². The van der Waals surface area contributed by atoms with Crippen molar-refractivity contribution in [1.29, 1.82) is 0 Å². The summed E-state index contributed by atoms with van der Waals surface area (Å²) in [5.74, 6) is 0. The van der Waals surface area contributed by atoms with Crippen molar-refractivity contribution in [3.05, 3.63) is 77.0 Å². The summed E-state index contributed by atoms with van der Waals surface area (Å²) in [6, 6.07) is 0. The van der Waals surface area contributed by atoms with Crippen molar-refractivity contribution in [1.82, 2.24) is 0 Å². The van der Waals surface area contributed by atoms with Crippen molar-refractivity contribution in [3.8, 4) is 0 Å². The molecule has 0 N–H and O–H groups in total. The van der Waals surface area contributed by atoms with E-state index in [9.17, 15) is 0 Å². The van der Waals surface area contributed by atoms with E-state index in [-0.39, 0.29) is 72.5 Å². The number of rotatable bonds is 2. The molecule has 0 amide bonds. The quantitative estimate of drug-likeness (QED) is 0.160. The first-order valence-electron chi connectivity index (χ1n) is 8.65. The summed E-state index contributed by atoms with van der Waals surface area (Å²) in [5, 5.41) is -3.44. The number of hydrogen-bond acceptors (Lipinski definition) is 0. The first-order chi connectivity index (χ1) is 16.7. The SMILES string of the molecule is ClC1=C(Cl)C(Cl)(Cl)C(Cl)(Cl)C(Cl)(Cl)C1=C(c1c(Cl)c(Cl)c(Cl)c(Cl)c1Cl)c1c(Cl)c(Cl)c(Cl)c(Cl)c1Cl. The van der Waals surface area contributed by atoms with Crippen molar-refractivity contribution in [2.45, 2.75) is 13.0 Å². The Morgan fingerprint density at radius 1 is 0.378 bits per heavy atom. The maximum absolute atomic E-state index is 6.74. The molecule has 1 aliphatic carbocycles. The molecule has 18 heteroatoms. The van der Waals surface area contributed by atoms with Crippen molar-refractivity contribution in [2.75, 3.05) is 0 Å². The summed E-state index contributed by atoms with van der Waals surface area (Å²) in [7, 11) is 0. The highest BCUT2D eigenvalue weighted by Crippen LogP contribution is 2.68. The molecule has 2 aromatic carbocycles. The van der Waals surface area contributed by atoms with Crippen LogP contribution in [0.1, 0.15) is 11.1 Å². The molecule has 0 heterocycles. The van der Waals surface area contributed by atoms with Crippen LogP contribution in [0.4, 0.5) is 0 Å². The Morgan fingerprint density at radius 2 is 0.649 bits per heavy atom. The van der Waals surface area contributed by atoms with Gasteiger partial charge in [0.05, 0.1) is 60.3 Å². The number of hydrogen-bond donors (Lipinski definition) is 0. The highest BCUT2D eigenvalue weighted by Gasteiger charge is 2.68. The van der Waals surface area contributed by atoms with Crippen LogP contribution < -0.4 is 0 Å². The minimum atomic E-state index is -2.51. The van der Waals surface area contributed by atoms with Crippen LogP contribution in [0.3, 0.4) is 0 Å². The monoisotopic (exact) mass is 857 g/mol. The third-order valence-electron chi connectivity index (χ3n) is 4.96. The molecule has 0 aromatic heterocycles. The second-order valence-electron chi connectivity index (χ2n) is 6.99. The van der Waals surface area contributed by atoms with E-state index in [4.69, 9.17) is 209 Å². The van der Waals surface area contributed by atoms with Gasteiger partial charge in [0.2, 0.25) is 0 Å². The molecule has 0 aliphatic heterocycles. The molecule has 202 valence electrons. The Bertz CT molecular complexity index is 1280. The van der Waals surface area contributed by atoms with Crippen LogP contribution >= 0.6 is 209 Å². The predicted octanol–water partition coefficient (Wildman–Crippen LogP) is 15.2. The smallest absolute Gasteiger partial charge is 0.0941 e. The maximum Gasteiger partial charge on any atom is 0.192 e. The van der Waals surface area contributed by atoms with Crippen molar-refractivity contribution in [2.24, 2.45) is 0 Å². The molecule has 0 saturated carbocycles. The number of alkyl halides is 6. The molecule has 3 rings (SSSR count). The Labute approximate surface area is 300 Å². The fourth-order valence-electron chi connectivity index (χ4n) is 3.17. The van der Waals surface area contributed by atoms with Gasteiger partial charge in [-0.05, 0) is 0 Å². The standard InChI is InChI=1S/C19Cl18/c20-5-2(6(21)11(26)14(29)10(5)25)1(3-7(22)12(27)15(30)13(28)8(3)23)4-9(24)16(31)18(34,35)19(36,37)17(4,32)33. The lowest BCUT2D eigenvalue weighted by atomic mass is 9.86. The van der Waals surface area contributed by atoms with E-state index in [0.717, 1.165) is 0 Å². The van der Waals surface area contributed by atoms with Crippen LogP contribution in [0.2, 0.25) is 50.2 Å². The molecule has 0 nitrogen and oxygen atoms in total. The fourth-order valence-corrected chi connectivity index (χ4v) is 8.43. The minimum absolute atomic E-state index is 0.188. The molecule has 0 radical (unpaired) electrons. The van der Waals surface area contributed by atoms with Crippen LogP contribution in [0.25, 0.3) is 5.57 Å². The summed E-state index contributed by atoms with van der Waals surface area (Å²) >= 11 is 116. The highest BCUT2D eigenvalue weighted by molar-refractivity contribution is 6.75. The maximum atomic E-state index is 6.74. The van der Waals surface area contributed by atoms with E-state index in [1.165, 1.54) is 0 Å². The summed E-state index contributed by atoms with van der Waals surface area (Å²) in [6.07, 6.45) is 0. The topological polar surface area (TPSA) is 0 Å². The molecule has 37 heavy (non-hydrogen) atoms. The molecule has 0 spiro atoms. The zero-order chi connectivity index (χ0) is 28.7. The van der Waals surface area contributed by atoms with Gasteiger partial charge in [0.1, 0.15) is 0 Å². The summed E-state index contributed by atoms with van der Waals surface area (Å²) in [6.45, 7) is 0. The zero-order valence-corrected chi connectivity index (χ0v) is 29.9. The van der Waals surface area contributed by atoms with Gasteiger partial charge in [-0.3, -0.25) is 0 Å². The van der Waals surface area contributed by atoms with E-state index in [0.29, 0.717) is 0 Å². The number of halogens is 18. The van der Waals surface area contributed by atoms with Crippen molar-refractivity contribution in [3.63, 3.8) is 0 Å². The fraction of sp³-hybridized carbons (Fsp3) is 0.158. The molecule has 1 aliphatic rings. The Kier molecular flexibility index (Phi) is 11.1. The molecular formula is C19Cl18. The average Bonchev–Trinajstić information content (AvgIpc) is 2.82. The number of benzene rings is 2. The molecule has 0 unspecified atom stereocenters. The molecule has 0 bridgehead atoms. The Hall–Kier alpha value is 3.14. The van der Waals surface area contributed by atoms with Gasteiger partial charge in [-0.2, -0.15) is 0 Å². The Morgan fingerprint density at radius 3 is 0.946 bits per heavy atom. The third-order valence-corrected chi connectivity index (χ3v) is 14.5. The lowest BCUT2D eigenvalue weighted by molar-refractivity contribution is 0.674. The first-order valence-corrected chi connectivity index (χ1v) is 15.5. The van der Waals surface area contributed by atoms with Gasteiger partial charge < -0.3 is 0 Å². The lowest BCUT2D eigenvalue weighted by Crippen LogP contribution is -2.54. The van der Waals surface area contributed by atoms with Crippen molar-refractivity contribution >= 4 is 214 Å². The Balaban J connectivity index is 2.83. The van der Waals surface area contributed by atoms with Gasteiger partial charge in [0.15, 0.2) is 13.0 Å². The van der Waals surface area contributed by atoms with E-state index >= 15 is 0 Å². The summed E-state index contributed by atoms with van der Waals surface area (Å²) in [4.78, 5) is 0. The van der Waals surface area contributed by atoms with E-state index in [1.807, 2.05) is 0 Å². The van der Waals surface area contributed by atoms with Gasteiger partial charge in [-0.25, -0.2) is 0 Å². The van der Waals surface area contributed by atoms with Crippen LogP contribution in [0, 0.1) is 0 Å². The molecule has 0 atom stereocenters. The zero-order valence-electron chi connectivity index (χ0n) is 16.3. The summed E-state index contributed by atoms with van der Waals surface area (Å²) in [5.41, 5.74) is -1.07. The molecule has 2 aromatic rings. The predicted molar refractivity (Wildman–Crippen MR) is 171 cm³/mol. The second kappa shape index (κ2) is 11.9. The normalized spacial score (nSPS) is 18.5. The van der Waals surface area contributed by atoms with E-state index in [2.05, 4.69) is 0 Å². The van der Waals surface area contributed by atoms with Crippen LogP contribution in [0.15, 0.2) is 15.6 Å². The summed E-state index contributed by atoms with van der Waals surface area (Å²) < 4.78 is -7.35. The largest absolute Gasteiger partial charge is 0.192 e. The van der Waals surface area contributed by atoms with Gasteiger partial charge in [0, 0.05) is 22.3 Å². The first kappa shape index (κ1) is 34.6. The van der Waals surface area contributed by atoms with Crippen LogP contribution in [0.5, 0.6) is 0 Å². The lowest BCUT2D eigenvalue weighted by Gasteiger charge is -2.47. The highest BCUT2D eigenvalue weighted by atomic mass is 35.6. The third kappa shape index (κ3) is 5.28. The van der Waals surface area contributed by atoms with E-state index in [1.54, 1.807) is 0 Å². The van der Waals surface area contributed by atoms with Gasteiger partial charge >= 0.3 is 0 Å². The molecular weight excluding hydrogens is 866 g/mol. The second-order valence-corrected chi connectivity index (χ2v) is 15.5. The molecule has 0 fully saturated rings. The van der Waals surface area contributed by atoms with Gasteiger partial charge in [0.25, 0.3) is 0 Å². The van der Waals surface area contributed by atoms with Gasteiger partial charge in [-0.1, -0.05) is 209 Å². The minimum Gasteiger partial charge on any atom is -0.0941 e. The molecule has 0 saturated heterocycles. The van der Waals surface area contributed by atoms with Crippen LogP contribution in [-0.4, -0.2) is 13.0 Å². The van der Waals surface area contributed by atoms with E-state index < -0.39 is 23.1 Å². The van der Waals surface area contributed by atoms with Gasteiger partial charge in [-0.15, -0.1) is 0 Å². The number of allylic oxidation sites excluding steroid dienone is 3.